The number of hydrogen-bond acceptors (Lipinski definition) is 4. The molecule has 0 aliphatic rings. The van der Waals surface area contributed by atoms with Gasteiger partial charge in [-0.05, 0) is 25.6 Å². The summed E-state index contributed by atoms with van der Waals surface area (Å²) >= 11 is 0. The van der Waals surface area contributed by atoms with Crippen LogP contribution in [0.4, 0.5) is 5.88 Å². The van der Waals surface area contributed by atoms with Crippen molar-refractivity contribution in [2.24, 2.45) is 0 Å². The number of nitrogens with one attached hydrogen (secondary N) is 1. The van der Waals surface area contributed by atoms with E-state index in [4.69, 9.17) is 9.52 Å². The molecule has 0 unspecified atom stereocenters. The molecule has 1 aromatic rings. The van der Waals surface area contributed by atoms with Crippen LogP contribution in [0.3, 0.4) is 0 Å². The summed E-state index contributed by atoms with van der Waals surface area (Å²) in [5, 5.41) is 11.8. The van der Waals surface area contributed by atoms with E-state index in [2.05, 4.69) is 24.1 Å². The molecule has 0 spiro atoms. The molecule has 0 radical (unpaired) electrons. The lowest BCUT2D eigenvalue weighted by Crippen LogP contribution is -2.29. The summed E-state index contributed by atoms with van der Waals surface area (Å²) < 4.78 is 5.09. The van der Waals surface area contributed by atoms with E-state index < -0.39 is 5.97 Å². The predicted octanol–water partition coefficient (Wildman–Crippen LogP) is 2.12. The first-order valence-corrected chi connectivity index (χ1v) is 5.96. The summed E-state index contributed by atoms with van der Waals surface area (Å²) in [5.41, 5.74) is 0. The molecule has 0 saturated heterocycles. The lowest BCUT2D eigenvalue weighted by Gasteiger charge is -2.19. The van der Waals surface area contributed by atoms with Crippen LogP contribution in [0.1, 0.15) is 30.8 Å². The van der Waals surface area contributed by atoms with Gasteiger partial charge in [0.2, 0.25) is 5.76 Å². The first-order chi connectivity index (χ1) is 8.17. The van der Waals surface area contributed by atoms with Crippen molar-refractivity contribution in [1.82, 2.24) is 4.90 Å². The monoisotopic (exact) mass is 240 g/mol. The van der Waals surface area contributed by atoms with Crippen LogP contribution in [-0.2, 0) is 0 Å². The standard InChI is InChI=1S/C12H20N2O3/c1-3-8-14(4-2)9-7-13-11-6-5-10(17-11)12(15)16/h5-6,13H,3-4,7-9H2,1-2H3,(H,15,16). The van der Waals surface area contributed by atoms with Gasteiger partial charge in [0, 0.05) is 19.2 Å². The molecule has 0 aromatic carbocycles. The summed E-state index contributed by atoms with van der Waals surface area (Å²) in [6.45, 7) is 8.06. The van der Waals surface area contributed by atoms with Crippen molar-refractivity contribution in [1.29, 1.82) is 0 Å². The van der Waals surface area contributed by atoms with E-state index in [0.717, 1.165) is 32.6 Å². The third-order valence-electron chi connectivity index (χ3n) is 2.53. The van der Waals surface area contributed by atoms with Gasteiger partial charge in [-0.1, -0.05) is 13.8 Å². The molecule has 0 bridgehead atoms. The lowest BCUT2D eigenvalue weighted by molar-refractivity contribution is 0.0663. The minimum Gasteiger partial charge on any atom is -0.475 e. The molecule has 0 aliphatic carbocycles. The fraction of sp³-hybridized carbons (Fsp3) is 0.583. The van der Waals surface area contributed by atoms with Gasteiger partial charge in [-0.25, -0.2) is 4.79 Å². The Morgan fingerprint density at radius 1 is 1.41 bits per heavy atom. The van der Waals surface area contributed by atoms with E-state index in [1.165, 1.54) is 6.07 Å². The second-order valence-electron chi connectivity index (χ2n) is 3.83. The molecule has 17 heavy (non-hydrogen) atoms. The van der Waals surface area contributed by atoms with Crippen LogP contribution in [0.2, 0.25) is 0 Å². The van der Waals surface area contributed by atoms with Gasteiger partial charge in [0.05, 0.1) is 0 Å². The Morgan fingerprint density at radius 2 is 2.18 bits per heavy atom. The topological polar surface area (TPSA) is 65.7 Å². The summed E-state index contributed by atoms with van der Waals surface area (Å²) in [5.74, 6) is -0.567. The molecule has 0 atom stereocenters. The van der Waals surface area contributed by atoms with Crippen LogP contribution >= 0.6 is 0 Å². The highest BCUT2D eigenvalue weighted by Crippen LogP contribution is 2.12. The second kappa shape index (κ2) is 6.96. The first-order valence-electron chi connectivity index (χ1n) is 5.96. The molecule has 0 amide bonds. The molecule has 5 nitrogen and oxygen atoms in total. The van der Waals surface area contributed by atoms with Gasteiger partial charge in [0.25, 0.3) is 0 Å². The van der Waals surface area contributed by atoms with Gasteiger partial charge in [-0.15, -0.1) is 0 Å². The minimum absolute atomic E-state index is 0.0339. The largest absolute Gasteiger partial charge is 0.475 e. The fourth-order valence-electron chi connectivity index (χ4n) is 1.63. The summed E-state index contributed by atoms with van der Waals surface area (Å²) in [6.07, 6.45) is 1.14. The first kappa shape index (κ1) is 13.6. The molecule has 2 N–H and O–H groups in total. The van der Waals surface area contributed by atoms with E-state index in [0.29, 0.717) is 5.88 Å². The maximum atomic E-state index is 10.6. The number of furan rings is 1. The van der Waals surface area contributed by atoms with Gasteiger partial charge in [-0.2, -0.15) is 0 Å². The zero-order valence-electron chi connectivity index (χ0n) is 10.4. The van der Waals surface area contributed by atoms with E-state index in [-0.39, 0.29) is 5.76 Å². The third kappa shape index (κ3) is 4.48. The van der Waals surface area contributed by atoms with Crippen LogP contribution in [0.15, 0.2) is 16.5 Å². The molecule has 1 heterocycles. The van der Waals surface area contributed by atoms with Crippen LogP contribution in [0.25, 0.3) is 0 Å². The highest BCUT2D eigenvalue weighted by atomic mass is 16.4. The molecule has 0 saturated carbocycles. The Bertz CT molecular complexity index is 349. The third-order valence-corrected chi connectivity index (χ3v) is 2.53. The maximum absolute atomic E-state index is 10.6. The number of aromatic carboxylic acids is 1. The molecule has 5 heteroatoms. The highest BCUT2D eigenvalue weighted by Gasteiger charge is 2.08. The minimum atomic E-state index is -1.04. The molecule has 1 aromatic heterocycles. The van der Waals surface area contributed by atoms with Crippen molar-refractivity contribution >= 4 is 11.9 Å². The van der Waals surface area contributed by atoms with Gasteiger partial charge < -0.3 is 19.7 Å². The van der Waals surface area contributed by atoms with Crippen molar-refractivity contribution in [3.05, 3.63) is 17.9 Å². The van der Waals surface area contributed by atoms with Crippen LogP contribution in [-0.4, -0.2) is 42.2 Å². The zero-order valence-corrected chi connectivity index (χ0v) is 10.4. The molecule has 0 fully saturated rings. The van der Waals surface area contributed by atoms with Gasteiger partial charge >= 0.3 is 5.97 Å². The average Bonchev–Trinajstić information content (AvgIpc) is 2.77. The number of rotatable bonds is 8. The van der Waals surface area contributed by atoms with Gasteiger partial charge in [-0.3, -0.25) is 0 Å². The van der Waals surface area contributed by atoms with Crippen LogP contribution in [0, 0.1) is 0 Å². The summed E-state index contributed by atoms with van der Waals surface area (Å²) in [6, 6.07) is 3.09. The van der Waals surface area contributed by atoms with Gasteiger partial charge in [0.1, 0.15) is 0 Å². The Labute approximate surface area is 101 Å². The van der Waals surface area contributed by atoms with E-state index >= 15 is 0 Å². The van der Waals surface area contributed by atoms with E-state index in [1.54, 1.807) is 6.07 Å². The van der Waals surface area contributed by atoms with Crippen molar-refractivity contribution in [3.8, 4) is 0 Å². The Morgan fingerprint density at radius 3 is 2.71 bits per heavy atom. The Hall–Kier alpha value is -1.49. The highest BCUT2D eigenvalue weighted by molar-refractivity contribution is 5.84. The van der Waals surface area contributed by atoms with Crippen molar-refractivity contribution in [2.45, 2.75) is 20.3 Å². The van der Waals surface area contributed by atoms with Crippen LogP contribution in [0.5, 0.6) is 0 Å². The Kier molecular flexibility index (Phi) is 5.56. The quantitative estimate of drug-likeness (QED) is 0.728. The summed E-state index contributed by atoms with van der Waals surface area (Å²) in [4.78, 5) is 12.9. The van der Waals surface area contributed by atoms with Crippen molar-refractivity contribution in [2.75, 3.05) is 31.5 Å². The molecular weight excluding hydrogens is 220 g/mol. The summed E-state index contributed by atoms with van der Waals surface area (Å²) in [7, 11) is 0. The second-order valence-corrected chi connectivity index (χ2v) is 3.83. The number of carbonyl (C=O) groups is 1. The maximum Gasteiger partial charge on any atom is 0.371 e. The average molecular weight is 240 g/mol. The van der Waals surface area contributed by atoms with Crippen molar-refractivity contribution in [3.63, 3.8) is 0 Å². The fourth-order valence-corrected chi connectivity index (χ4v) is 1.63. The number of likely N-dealkylation sites (N-methyl/N-ethyl adjacent to an activating group) is 1. The van der Waals surface area contributed by atoms with E-state index in [9.17, 15) is 4.79 Å². The normalized spacial score (nSPS) is 10.8. The van der Waals surface area contributed by atoms with Crippen LogP contribution < -0.4 is 5.32 Å². The molecule has 0 aliphatic heterocycles. The molecule has 96 valence electrons. The number of nitrogens with zero attached hydrogens (tertiary/aromatic N) is 1. The number of hydrogen-bond donors (Lipinski definition) is 2. The lowest BCUT2D eigenvalue weighted by atomic mass is 10.4. The van der Waals surface area contributed by atoms with Crippen molar-refractivity contribution < 1.29 is 14.3 Å². The Balaban J connectivity index is 2.32. The number of carboxylic acid groups (broad SMARTS) is 1. The number of carboxylic acids is 1. The predicted molar refractivity (Wildman–Crippen MR) is 66.6 cm³/mol. The van der Waals surface area contributed by atoms with Gasteiger partial charge in [0.15, 0.2) is 5.88 Å². The molecular formula is C12H20N2O3. The zero-order chi connectivity index (χ0) is 12.7. The smallest absolute Gasteiger partial charge is 0.371 e. The SMILES string of the molecule is CCCN(CC)CCNc1ccc(C(=O)O)o1. The number of anilines is 1. The van der Waals surface area contributed by atoms with E-state index in [1.807, 2.05) is 0 Å². The molecule has 1 rings (SSSR count).